The Kier molecular flexibility index (Phi) is 5.21. The number of carbonyl (C=O) groups excluding carboxylic acids is 1. The fourth-order valence-electron chi connectivity index (χ4n) is 2.02. The molecular weight excluding hydrogens is 264 g/mol. The number of amides is 1. The summed E-state index contributed by atoms with van der Waals surface area (Å²) in [6.07, 6.45) is 2.15. The van der Waals surface area contributed by atoms with Gasteiger partial charge in [-0.3, -0.25) is 4.57 Å². The molecule has 0 unspecified atom stereocenters. The van der Waals surface area contributed by atoms with Crippen LogP contribution >= 0.6 is 0 Å². The number of ether oxygens (including phenoxy) is 1. The molecule has 1 atom stereocenters. The Labute approximate surface area is 125 Å². The lowest BCUT2D eigenvalue weighted by Crippen LogP contribution is -2.40. The molecule has 1 N–H and O–H groups in total. The van der Waals surface area contributed by atoms with Gasteiger partial charge >= 0.3 is 6.09 Å². The summed E-state index contributed by atoms with van der Waals surface area (Å²) < 4.78 is 6.86. The minimum atomic E-state index is -0.450. The SMILES string of the molecule is Cc1cccc[n+]1[CH-]OC(=O)N[C@@H](C)Cc1ccccc1. The van der Waals surface area contributed by atoms with Gasteiger partial charge in [0.25, 0.3) is 0 Å². The van der Waals surface area contributed by atoms with Crippen molar-refractivity contribution in [1.82, 2.24) is 5.32 Å². The number of aryl methyl sites for hydroxylation is 1. The highest BCUT2D eigenvalue weighted by Crippen LogP contribution is 2.02. The average molecular weight is 284 g/mol. The van der Waals surface area contributed by atoms with E-state index in [2.05, 4.69) is 5.32 Å². The van der Waals surface area contributed by atoms with Crippen LogP contribution in [0.2, 0.25) is 0 Å². The summed E-state index contributed by atoms with van der Waals surface area (Å²) >= 11 is 0. The first-order valence-corrected chi connectivity index (χ1v) is 6.96. The van der Waals surface area contributed by atoms with Crippen LogP contribution in [-0.4, -0.2) is 12.1 Å². The van der Waals surface area contributed by atoms with E-state index in [1.165, 1.54) is 12.3 Å². The van der Waals surface area contributed by atoms with E-state index in [1.54, 1.807) is 4.57 Å². The van der Waals surface area contributed by atoms with E-state index in [-0.39, 0.29) is 6.04 Å². The maximum Gasteiger partial charge on any atom is 0.404 e. The number of pyridine rings is 1. The average Bonchev–Trinajstić information content (AvgIpc) is 2.47. The van der Waals surface area contributed by atoms with Crippen molar-refractivity contribution >= 4 is 6.09 Å². The van der Waals surface area contributed by atoms with Crippen LogP contribution in [0.15, 0.2) is 54.7 Å². The van der Waals surface area contributed by atoms with E-state index in [9.17, 15) is 4.79 Å². The highest BCUT2D eigenvalue weighted by Gasteiger charge is 2.09. The standard InChI is InChI=1S/C17H20N2O2/c1-14(12-16-9-4-3-5-10-16)18-17(20)21-13-19-11-7-6-8-15(19)2/h3-11,13-14H,12H2,1-2H3,(H,18,20)/t14-/m0/s1. The lowest BCUT2D eigenvalue weighted by Gasteiger charge is -2.14. The molecule has 0 bridgehead atoms. The molecule has 2 aromatic rings. The number of benzene rings is 1. The summed E-state index contributed by atoms with van der Waals surface area (Å²) in [4.78, 5) is 11.8. The first-order valence-electron chi connectivity index (χ1n) is 6.96. The first-order chi connectivity index (χ1) is 10.1. The number of carbonyl (C=O) groups is 1. The van der Waals surface area contributed by atoms with Gasteiger partial charge in [-0.15, -0.1) is 0 Å². The fourth-order valence-corrected chi connectivity index (χ4v) is 2.02. The zero-order valence-corrected chi connectivity index (χ0v) is 12.3. The molecule has 0 radical (unpaired) electrons. The van der Waals surface area contributed by atoms with Crippen LogP contribution in [0, 0.1) is 13.7 Å². The maximum atomic E-state index is 11.8. The second-order valence-corrected chi connectivity index (χ2v) is 5.00. The molecule has 0 saturated heterocycles. The molecule has 0 saturated carbocycles. The van der Waals surface area contributed by atoms with Gasteiger partial charge in [-0.05, 0) is 25.8 Å². The molecule has 4 nitrogen and oxygen atoms in total. The van der Waals surface area contributed by atoms with Gasteiger partial charge < -0.3 is 10.1 Å². The Morgan fingerprint density at radius 2 is 1.95 bits per heavy atom. The lowest BCUT2D eigenvalue weighted by atomic mass is 10.1. The van der Waals surface area contributed by atoms with E-state index in [0.717, 1.165) is 12.1 Å². The zero-order valence-electron chi connectivity index (χ0n) is 12.3. The maximum absolute atomic E-state index is 11.8. The summed E-state index contributed by atoms with van der Waals surface area (Å²) in [7, 11) is 0. The molecule has 4 heteroatoms. The number of alkyl carbamates (subject to hydrolysis) is 1. The van der Waals surface area contributed by atoms with Gasteiger partial charge in [0.15, 0.2) is 0 Å². The van der Waals surface area contributed by atoms with Gasteiger partial charge in [0.2, 0.25) is 6.73 Å². The van der Waals surface area contributed by atoms with Gasteiger partial charge in [-0.25, -0.2) is 4.79 Å². The Morgan fingerprint density at radius 3 is 2.67 bits per heavy atom. The van der Waals surface area contributed by atoms with Gasteiger partial charge in [-0.1, -0.05) is 48.5 Å². The minimum absolute atomic E-state index is 0.00942. The summed E-state index contributed by atoms with van der Waals surface area (Å²) in [5.41, 5.74) is 2.17. The Morgan fingerprint density at radius 1 is 1.24 bits per heavy atom. The Balaban J connectivity index is 1.78. The summed E-state index contributed by atoms with van der Waals surface area (Å²) in [6.45, 7) is 5.30. The third kappa shape index (κ3) is 4.84. The molecule has 0 aliphatic heterocycles. The molecule has 1 heterocycles. The monoisotopic (exact) mass is 284 g/mol. The molecule has 2 rings (SSSR count). The molecule has 0 spiro atoms. The van der Waals surface area contributed by atoms with Crippen molar-refractivity contribution in [3.05, 3.63) is 72.7 Å². The zero-order chi connectivity index (χ0) is 15.1. The van der Waals surface area contributed by atoms with Crippen LogP contribution in [0.5, 0.6) is 0 Å². The largest absolute Gasteiger partial charge is 0.423 e. The third-order valence-electron chi connectivity index (χ3n) is 3.12. The topological polar surface area (TPSA) is 42.2 Å². The summed E-state index contributed by atoms with van der Waals surface area (Å²) in [5.74, 6) is 0. The van der Waals surface area contributed by atoms with Crippen molar-refractivity contribution in [2.75, 3.05) is 0 Å². The van der Waals surface area contributed by atoms with E-state index < -0.39 is 6.09 Å². The number of nitrogens with zero attached hydrogens (tertiary/aromatic N) is 1. The van der Waals surface area contributed by atoms with Gasteiger partial charge in [0.1, 0.15) is 0 Å². The van der Waals surface area contributed by atoms with E-state index >= 15 is 0 Å². The number of hydrogen-bond acceptors (Lipinski definition) is 2. The highest BCUT2D eigenvalue weighted by molar-refractivity contribution is 5.67. The molecular formula is C17H20N2O2. The van der Waals surface area contributed by atoms with Crippen molar-refractivity contribution in [3.8, 4) is 0 Å². The number of nitrogens with one attached hydrogen (secondary N) is 1. The Hall–Kier alpha value is -2.49. The molecule has 0 fully saturated rings. The van der Waals surface area contributed by atoms with Gasteiger partial charge in [0, 0.05) is 6.04 Å². The van der Waals surface area contributed by atoms with Crippen LogP contribution in [0.3, 0.4) is 0 Å². The van der Waals surface area contributed by atoms with E-state index in [1.807, 2.05) is 68.6 Å². The smallest absolute Gasteiger partial charge is 0.404 e. The number of aromatic nitrogens is 1. The van der Waals surface area contributed by atoms with Crippen molar-refractivity contribution in [2.45, 2.75) is 26.3 Å². The summed E-state index contributed by atoms with van der Waals surface area (Å²) in [6, 6.07) is 15.8. The van der Waals surface area contributed by atoms with Crippen molar-refractivity contribution in [3.63, 3.8) is 0 Å². The molecule has 1 aromatic heterocycles. The van der Waals surface area contributed by atoms with Gasteiger partial charge in [-0.2, -0.15) is 0 Å². The quantitative estimate of drug-likeness (QED) is 0.677. The van der Waals surface area contributed by atoms with Crippen LogP contribution < -0.4 is 9.88 Å². The van der Waals surface area contributed by atoms with Crippen molar-refractivity contribution in [1.29, 1.82) is 0 Å². The summed E-state index contributed by atoms with van der Waals surface area (Å²) in [5, 5.41) is 2.81. The molecule has 21 heavy (non-hydrogen) atoms. The lowest BCUT2D eigenvalue weighted by molar-refractivity contribution is -0.662. The fraction of sp³-hybridized carbons (Fsp3) is 0.235. The predicted molar refractivity (Wildman–Crippen MR) is 80.3 cm³/mol. The minimum Gasteiger partial charge on any atom is -0.423 e. The second kappa shape index (κ2) is 7.33. The third-order valence-corrected chi connectivity index (χ3v) is 3.12. The normalized spacial score (nSPS) is 11.5. The molecule has 0 aliphatic carbocycles. The number of hydrogen-bond donors (Lipinski definition) is 1. The van der Waals surface area contributed by atoms with Crippen LogP contribution in [0.4, 0.5) is 4.79 Å². The van der Waals surface area contributed by atoms with E-state index in [0.29, 0.717) is 0 Å². The Bertz CT molecular complexity index is 584. The first kappa shape index (κ1) is 14.9. The van der Waals surface area contributed by atoms with E-state index in [4.69, 9.17) is 4.74 Å². The molecule has 1 amide bonds. The van der Waals surface area contributed by atoms with Crippen molar-refractivity contribution in [2.24, 2.45) is 0 Å². The molecule has 0 aliphatic rings. The van der Waals surface area contributed by atoms with Crippen LogP contribution in [-0.2, 0) is 11.2 Å². The van der Waals surface area contributed by atoms with Crippen LogP contribution in [0.1, 0.15) is 18.2 Å². The highest BCUT2D eigenvalue weighted by atomic mass is 16.6. The predicted octanol–water partition coefficient (Wildman–Crippen LogP) is 2.61. The number of rotatable bonds is 5. The van der Waals surface area contributed by atoms with Crippen LogP contribution in [0.25, 0.3) is 0 Å². The molecule has 1 aromatic carbocycles. The van der Waals surface area contributed by atoms with Gasteiger partial charge in [0.05, 0.1) is 11.9 Å². The van der Waals surface area contributed by atoms with Crippen molar-refractivity contribution < 1.29 is 14.1 Å². The second-order valence-electron chi connectivity index (χ2n) is 5.00. The molecule has 110 valence electrons.